The Balaban J connectivity index is 1.36. The van der Waals surface area contributed by atoms with Gasteiger partial charge in [0.15, 0.2) is 0 Å². The maximum absolute atomic E-state index is 13.4. The van der Waals surface area contributed by atoms with Crippen LogP contribution in [0, 0.1) is 17.2 Å². The largest absolute Gasteiger partial charge is 0.416 e. The molecule has 0 aromatic heterocycles. The van der Waals surface area contributed by atoms with Crippen molar-refractivity contribution in [2.75, 3.05) is 13.1 Å². The summed E-state index contributed by atoms with van der Waals surface area (Å²) in [5.74, 6) is 0.284. The van der Waals surface area contributed by atoms with E-state index >= 15 is 0 Å². The van der Waals surface area contributed by atoms with Crippen molar-refractivity contribution in [1.29, 1.82) is 0 Å². The van der Waals surface area contributed by atoms with E-state index in [1.165, 1.54) is 23.8 Å². The molecule has 1 aliphatic heterocycles. The summed E-state index contributed by atoms with van der Waals surface area (Å²) in [5, 5.41) is 2.94. The van der Waals surface area contributed by atoms with Gasteiger partial charge in [0, 0.05) is 12.6 Å². The van der Waals surface area contributed by atoms with Crippen molar-refractivity contribution in [1.82, 2.24) is 10.2 Å². The summed E-state index contributed by atoms with van der Waals surface area (Å²) >= 11 is 0. The molecule has 0 bridgehead atoms. The van der Waals surface area contributed by atoms with E-state index in [4.69, 9.17) is 0 Å². The molecule has 7 heteroatoms. The predicted octanol–water partition coefficient (Wildman–Crippen LogP) is 6.54. The fourth-order valence-electron chi connectivity index (χ4n) is 5.90. The molecule has 35 heavy (non-hydrogen) atoms. The van der Waals surface area contributed by atoms with Crippen molar-refractivity contribution < 1.29 is 22.4 Å². The minimum Gasteiger partial charge on any atom is -0.352 e. The Hall–Kier alpha value is -2.41. The highest BCUT2D eigenvalue weighted by Crippen LogP contribution is 2.47. The third kappa shape index (κ3) is 5.71. The molecule has 2 aliphatic rings. The minimum absolute atomic E-state index is 0.0615. The summed E-state index contributed by atoms with van der Waals surface area (Å²) in [6.07, 6.45) is 0.109. The SMILES string of the molecule is CC(C)C1(C(=O)NCc2cccc(C(F)(F)F)c2)CCC(N2CCC(c3ccc(F)cc3)CC2)C1. The van der Waals surface area contributed by atoms with Crippen LogP contribution in [0.4, 0.5) is 17.6 Å². The molecule has 1 N–H and O–H groups in total. The molecule has 2 fully saturated rings. The number of piperidine rings is 1. The fourth-order valence-corrected chi connectivity index (χ4v) is 5.90. The lowest BCUT2D eigenvalue weighted by atomic mass is 9.74. The zero-order chi connectivity index (χ0) is 25.2. The van der Waals surface area contributed by atoms with E-state index in [1.807, 2.05) is 12.1 Å². The van der Waals surface area contributed by atoms with Gasteiger partial charge in [-0.15, -0.1) is 0 Å². The number of alkyl halides is 3. The number of halogens is 4. The van der Waals surface area contributed by atoms with E-state index in [0.29, 0.717) is 17.5 Å². The molecule has 0 radical (unpaired) electrons. The molecule has 1 aliphatic carbocycles. The van der Waals surface area contributed by atoms with Gasteiger partial charge in [-0.2, -0.15) is 13.2 Å². The molecule has 2 aromatic carbocycles. The van der Waals surface area contributed by atoms with Crippen LogP contribution in [0.3, 0.4) is 0 Å². The van der Waals surface area contributed by atoms with Crippen molar-refractivity contribution >= 4 is 5.91 Å². The number of rotatable bonds is 6. The number of amides is 1. The van der Waals surface area contributed by atoms with Gasteiger partial charge < -0.3 is 10.2 Å². The lowest BCUT2D eigenvalue weighted by Gasteiger charge is -2.38. The Morgan fingerprint density at radius 3 is 2.40 bits per heavy atom. The minimum atomic E-state index is -4.40. The first kappa shape index (κ1) is 25.7. The van der Waals surface area contributed by atoms with Crippen LogP contribution in [-0.2, 0) is 17.5 Å². The van der Waals surface area contributed by atoms with E-state index in [9.17, 15) is 22.4 Å². The van der Waals surface area contributed by atoms with E-state index in [-0.39, 0.29) is 24.2 Å². The van der Waals surface area contributed by atoms with Crippen LogP contribution < -0.4 is 5.32 Å². The van der Waals surface area contributed by atoms with Crippen molar-refractivity contribution in [2.45, 2.75) is 70.6 Å². The fraction of sp³-hybridized carbons (Fsp3) is 0.536. The topological polar surface area (TPSA) is 32.3 Å². The highest BCUT2D eigenvalue weighted by atomic mass is 19.4. The lowest BCUT2D eigenvalue weighted by Crippen LogP contribution is -2.45. The van der Waals surface area contributed by atoms with E-state index < -0.39 is 17.2 Å². The molecule has 2 aromatic rings. The van der Waals surface area contributed by atoms with Gasteiger partial charge >= 0.3 is 6.18 Å². The predicted molar refractivity (Wildman–Crippen MR) is 128 cm³/mol. The molecule has 1 heterocycles. The summed E-state index contributed by atoms with van der Waals surface area (Å²) in [5.41, 5.74) is 0.417. The van der Waals surface area contributed by atoms with Gasteiger partial charge in [0.05, 0.1) is 11.0 Å². The Labute approximate surface area is 204 Å². The standard InChI is InChI=1S/C28H34F4N2O/c1-19(2)27(26(35)33-18-20-4-3-5-23(16-20)28(30,31)32)13-10-25(17-27)34-14-11-22(12-15-34)21-6-8-24(29)9-7-21/h3-9,16,19,22,25H,10-15,17-18H2,1-2H3,(H,33,35). The molecule has 2 unspecified atom stereocenters. The Bertz CT molecular complexity index is 1010. The van der Waals surface area contributed by atoms with Gasteiger partial charge in [-0.1, -0.05) is 38.1 Å². The van der Waals surface area contributed by atoms with Crippen LogP contribution in [-0.4, -0.2) is 29.9 Å². The maximum Gasteiger partial charge on any atom is 0.416 e. The van der Waals surface area contributed by atoms with Gasteiger partial charge in [-0.05, 0) is 92.4 Å². The number of hydrogen-bond acceptors (Lipinski definition) is 2. The molecule has 1 saturated heterocycles. The maximum atomic E-state index is 13.4. The molecule has 1 saturated carbocycles. The Kier molecular flexibility index (Phi) is 7.55. The summed E-state index contributed by atoms with van der Waals surface area (Å²) in [6.45, 7) is 6.12. The first-order valence-corrected chi connectivity index (χ1v) is 12.5. The highest BCUT2D eigenvalue weighted by Gasteiger charge is 2.49. The molecular formula is C28H34F4N2O. The van der Waals surface area contributed by atoms with E-state index in [0.717, 1.165) is 57.3 Å². The normalized spacial score (nSPS) is 24.1. The molecule has 1 amide bonds. The number of benzene rings is 2. The van der Waals surface area contributed by atoms with Crippen LogP contribution in [0.5, 0.6) is 0 Å². The van der Waals surface area contributed by atoms with Gasteiger partial charge in [0.25, 0.3) is 0 Å². The molecule has 2 atom stereocenters. The second-order valence-corrected chi connectivity index (χ2v) is 10.5. The van der Waals surface area contributed by atoms with Gasteiger partial charge in [0.2, 0.25) is 5.91 Å². The number of carbonyl (C=O) groups is 1. The van der Waals surface area contributed by atoms with Crippen molar-refractivity contribution in [3.63, 3.8) is 0 Å². The van der Waals surface area contributed by atoms with Crippen LogP contribution in [0.15, 0.2) is 48.5 Å². The summed E-state index contributed by atoms with van der Waals surface area (Å²) in [4.78, 5) is 15.9. The number of nitrogens with zero attached hydrogens (tertiary/aromatic N) is 1. The quantitative estimate of drug-likeness (QED) is 0.467. The van der Waals surface area contributed by atoms with E-state index in [1.54, 1.807) is 6.07 Å². The van der Waals surface area contributed by atoms with Crippen molar-refractivity contribution in [2.24, 2.45) is 11.3 Å². The third-order valence-electron chi connectivity index (χ3n) is 8.18. The van der Waals surface area contributed by atoms with E-state index in [2.05, 4.69) is 24.1 Å². The van der Waals surface area contributed by atoms with Crippen LogP contribution in [0.2, 0.25) is 0 Å². The van der Waals surface area contributed by atoms with Crippen LogP contribution in [0.1, 0.15) is 68.6 Å². The van der Waals surface area contributed by atoms with Crippen molar-refractivity contribution in [3.05, 3.63) is 71.0 Å². The first-order valence-electron chi connectivity index (χ1n) is 12.5. The molecule has 4 rings (SSSR count). The first-order chi connectivity index (χ1) is 16.6. The van der Waals surface area contributed by atoms with Gasteiger partial charge in [-0.3, -0.25) is 4.79 Å². The zero-order valence-corrected chi connectivity index (χ0v) is 20.4. The molecule has 3 nitrogen and oxygen atoms in total. The number of nitrogens with one attached hydrogen (secondary N) is 1. The summed E-state index contributed by atoms with van der Waals surface area (Å²) < 4.78 is 52.3. The summed E-state index contributed by atoms with van der Waals surface area (Å²) in [6, 6.07) is 12.3. The van der Waals surface area contributed by atoms with Crippen LogP contribution >= 0.6 is 0 Å². The third-order valence-corrected chi connectivity index (χ3v) is 8.18. The number of carbonyl (C=O) groups excluding carboxylic acids is 1. The highest BCUT2D eigenvalue weighted by molar-refractivity contribution is 5.83. The zero-order valence-electron chi connectivity index (χ0n) is 20.4. The number of likely N-dealkylation sites (tertiary alicyclic amines) is 1. The molecular weight excluding hydrogens is 456 g/mol. The second-order valence-electron chi connectivity index (χ2n) is 10.5. The Morgan fingerprint density at radius 2 is 1.77 bits per heavy atom. The molecule has 0 spiro atoms. The molecule has 190 valence electrons. The van der Waals surface area contributed by atoms with Gasteiger partial charge in [-0.25, -0.2) is 4.39 Å². The Morgan fingerprint density at radius 1 is 1.09 bits per heavy atom. The smallest absolute Gasteiger partial charge is 0.352 e. The average molecular weight is 491 g/mol. The summed E-state index contributed by atoms with van der Waals surface area (Å²) in [7, 11) is 0. The lowest BCUT2D eigenvalue weighted by molar-refractivity contribution is -0.137. The van der Waals surface area contributed by atoms with Gasteiger partial charge in [0.1, 0.15) is 5.82 Å². The number of hydrogen-bond donors (Lipinski definition) is 1. The van der Waals surface area contributed by atoms with Crippen LogP contribution in [0.25, 0.3) is 0 Å². The average Bonchev–Trinajstić information content (AvgIpc) is 3.30. The van der Waals surface area contributed by atoms with Crippen molar-refractivity contribution in [3.8, 4) is 0 Å². The second kappa shape index (κ2) is 10.3. The monoisotopic (exact) mass is 490 g/mol.